The zero-order valence-electron chi connectivity index (χ0n) is 17.9. The van der Waals surface area contributed by atoms with Crippen LogP contribution in [0.2, 0.25) is 0 Å². The van der Waals surface area contributed by atoms with Gasteiger partial charge in [0.25, 0.3) is 17.1 Å². The summed E-state index contributed by atoms with van der Waals surface area (Å²) in [5.41, 5.74) is 0.875. The number of imide groups is 1. The molecule has 34 heavy (non-hydrogen) atoms. The van der Waals surface area contributed by atoms with Gasteiger partial charge in [-0.25, -0.2) is 0 Å². The molecule has 1 aliphatic heterocycles. The fourth-order valence-electron chi connectivity index (χ4n) is 3.36. The number of pyridine rings is 1. The van der Waals surface area contributed by atoms with Gasteiger partial charge >= 0.3 is 0 Å². The van der Waals surface area contributed by atoms with Gasteiger partial charge in [-0.15, -0.1) is 0 Å². The summed E-state index contributed by atoms with van der Waals surface area (Å²) in [6.07, 6.45) is 2.95. The summed E-state index contributed by atoms with van der Waals surface area (Å²) in [5, 5.41) is 4.92. The molecule has 2 aromatic carbocycles. The molecule has 0 unspecified atom stereocenters. The number of nitrogens with one attached hydrogen (secondary N) is 3. The molecule has 2 heterocycles. The number of H-pyrrole nitrogens is 1. The second kappa shape index (κ2) is 10.2. The number of amides is 4. The Morgan fingerprint density at radius 3 is 2.50 bits per heavy atom. The van der Waals surface area contributed by atoms with Gasteiger partial charge in [0.05, 0.1) is 11.4 Å². The Morgan fingerprint density at radius 1 is 0.971 bits per heavy atom. The molecule has 1 aliphatic rings. The van der Waals surface area contributed by atoms with Crippen LogP contribution in [0.4, 0.5) is 4.79 Å². The van der Waals surface area contributed by atoms with Gasteiger partial charge in [-0.05, 0) is 35.5 Å². The minimum atomic E-state index is -0.681. The number of rotatable bonds is 7. The lowest BCUT2D eigenvalue weighted by molar-refractivity contribution is -0.124. The van der Waals surface area contributed by atoms with Gasteiger partial charge in [-0.3, -0.25) is 28.9 Å². The number of carbonyl (C=O) groups is 4. The van der Waals surface area contributed by atoms with E-state index >= 15 is 0 Å². The molecule has 1 aromatic heterocycles. The van der Waals surface area contributed by atoms with E-state index in [1.54, 1.807) is 30.3 Å². The van der Waals surface area contributed by atoms with Crippen LogP contribution in [-0.2, 0) is 9.59 Å². The standard InChI is InChI=1S/C24H20N4O5S/c29-20(14-27-22(31)17-13-26-18-9-5-4-8-16(18)21(17)30)25-10-11-28-23(32)19(34-24(28)33)12-15-6-2-1-3-7-15/h1-9,12-13H,10-11,14H2,(H,25,29)(H,26,30)(H,27,31)/b19-12+. The van der Waals surface area contributed by atoms with Gasteiger partial charge in [0.2, 0.25) is 11.3 Å². The van der Waals surface area contributed by atoms with Crippen molar-refractivity contribution in [3.8, 4) is 0 Å². The highest BCUT2D eigenvalue weighted by molar-refractivity contribution is 8.18. The van der Waals surface area contributed by atoms with E-state index < -0.39 is 28.4 Å². The van der Waals surface area contributed by atoms with Crippen molar-refractivity contribution in [2.45, 2.75) is 0 Å². The van der Waals surface area contributed by atoms with Crippen LogP contribution in [0.3, 0.4) is 0 Å². The van der Waals surface area contributed by atoms with Crippen LogP contribution in [0.15, 0.2) is 70.5 Å². The van der Waals surface area contributed by atoms with Crippen molar-refractivity contribution in [1.29, 1.82) is 0 Å². The smallest absolute Gasteiger partial charge is 0.293 e. The zero-order valence-corrected chi connectivity index (χ0v) is 18.7. The first kappa shape index (κ1) is 23.0. The second-order valence-corrected chi connectivity index (χ2v) is 8.35. The molecule has 0 aliphatic carbocycles. The number of hydrogen-bond acceptors (Lipinski definition) is 6. The van der Waals surface area contributed by atoms with E-state index in [2.05, 4.69) is 15.6 Å². The van der Waals surface area contributed by atoms with Crippen molar-refractivity contribution in [3.63, 3.8) is 0 Å². The van der Waals surface area contributed by atoms with E-state index in [9.17, 15) is 24.0 Å². The summed E-state index contributed by atoms with van der Waals surface area (Å²) in [6.45, 7) is -0.330. The highest BCUT2D eigenvalue weighted by atomic mass is 32.2. The van der Waals surface area contributed by atoms with Crippen LogP contribution in [-0.4, -0.2) is 52.5 Å². The number of para-hydroxylation sites is 1. The highest BCUT2D eigenvalue weighted by Crippen LogP contribution is 2.31. The van der Waals surface area contributed by atoms with Crippen LogP contribution in [0, 0.1) is 0 Å². The fourth-order valence-corrected chi connectivity index (χ4v) is 4.22. The molecule has 4 rings (SSSR count). The Bertz CT molecular complexity index is 1370. The van der Waals surface area contributed by atoms with Gasteiger partial charge in [-0.1, -0.05) is 42.5 Å². The van der Waals surface area contributed by atoms with Gasteiger partial charge < -0.3 is 15.6 Å². The van der Waals surface area contributed by atoms with Crippen LogP contribution in [0.5, 0.6) is 0 Å². The number of carbonyl (C=O) groups excluding carboxylic acids is 4. The first-order valence-corrected chi connectivity index (χ1v) is 11.2. The van der Waals surface area contributed by atoms with E-state index in [1.807, 2.05) is 30.3 Å². The number of thioether (sulfide) groups is 1. The average Bonchev–Trinajstić information content (AvgIpc) is 3.11. The van der Waals surface area contributed by atoms with Crippen LogP contribution in [0.1, 0.15) is 15.9 Å². The Hall–Kier alpha value is -4.18. The van der Waals surface area contributed by atoms with Gasteiger partial charge in [0.15, 0.2) is 0 Å². The summed E-state index contributed by atoms with van der Waals surface area (Å²) in [5.74, 6) is -1.62. The summed E-state index contributed by atoms with van der Waals surface area (Å²) in [4.78, 5) is 65.9. The third-order valence-electron chi connectivity index (χ3n) is 5.07. The van der Waals surface area contributed by atoms with Gasteiger partial charge in [0, 0.05) is 30.2 Å². The Labute approximate surface area is 198 Å². The number of benzene rings is 2. The first-order valence-electron chi connectivity index (χ1n) is 10.4. The molecular formula is C24H20N4O5S. The Balaban J connectivity index is 1.27. The quantitative estimate of drug-likeness (QED) is 0.448. The molecule has 3 aromatic rings. The lowest BCUT2D eigenvalue weighted by atomic mass is 10.1. The number of nitrogens with zero attached hydrogens (tertiary/aromatic N) is 1. The molecule has 10 heteroatoms. The molecule has 4 amide bonds. The Kier molecular flexibility index (Phi) is 6.88. The number of aromatic amines is 1. The van der Waals surface area contributed by atoms with Crippen LogP contribution >= 0.6 is 11.8 Å². The predicted molar refractivity (Wildman–Crippen MR) is 129 cm³/mol. The second-order valence-electron chi connectivity index (χ2n) is 7.35. The summed E-state index contributed by atoms with van der Waals surface area (Å²) < 4.78 is 0. The van der Waals surface area contributed by atoms with Crippen molar-refractivity contribution >= 4 is 51.7 Å². The van der Waals surface area contributed by atoms with E-state index in [0.29, 0.717) is 15.8 Å². The van der Waals surface area contributed by atoms with E-state index in [4.69, 9.17) is 0 Å². The van der Waals surface area contributed by atoms with E-state index in [-0.39, 0.29) is 25.2 Å². The third kappa shape index (κ3) is 5.07. The largest absolute Gasteiger partial charge is 0.360 e. The lowest BCUT2D eigenvalue weighted by Crippen LogP contribution is -2.42. The van der Waals surface area contributed by atoms with Crippen LogP contribution < -0.4 is 16.1 Å². The van der Waals surface area contributed by atoms with Gasteiger partial charge in [-0.2, -0.15) is 0 Å². The molecule has 0 saturated carbocycles. The SMILES string of the molecule is O=C(CNC(=O)c1c[nH]c2ccccc2c1=O)NCCN1C(=O)S/C(=C/c2ccccc2)C1=O. The number of fused-ring (bicyclic) bond motifs is 1. The van der Waals surface area contributed by atoms with Gasteiger partial charge in [0.1, 0.15) is 5.56 Å². The van der Waals surface area contributed by atoms with Crippen molar-refractivity contribution in [1.82, 2.24) is 20.5 Å². The van der Waals surface area contributed by atoms with E-state index in [0.717, 1.165) is 22.2 Å². The minimum absolute atomic E-state index is 0.000819. The molecule has 0 radical (unpaired) electrons. The minimum Gasteiger partial charge on any atom is -0.360 e. The molecule has 1 saturated heterocycles. The topological polar surface area (TPSA) is 128 Å². The Morgan fingerprint density at radius 2 is 1.71 bits per heavy atom. The molecule has 3 N–H and O–H groups in total. The first-order chi connectivity index (χ1) is 16.4. The third-order valence-corrected chi connectivity index (χ3v) is 5.98. The number of hydrogen-bond donors (Lipinski definition) is 3. The molecule has 1 fully saturated rings. The maximum absolute atomic E-state index is 12.5. The van der Waals surface area contributed by atoms with Crippen molar-refractivity contribution in [2.75, 3.05) is 19.6 Å². The van der Waals surface area contributed by atoms with E-state index in [1.165, 1.54) is 6.20 Å². The maximum atomic E-state index is 12.5. The van der Waals surface area contributed by atoms with Crippen LogP contribution in [0.25, 0.3) is 17.0 Å². The molecule has 0 atom stereocenters. The number of aromatic nitrogens is 1. The molecule has 172 valence electrons. The van der Waals surface area contributed by atoms with Crippen molar-refractivity contribution in [2.24, 2.45) is 0 Å². The maximum Gasteiger partial charge on any atom is 0.293 e. The molecule has 0 spiro atoms. The normalized spacial score (nSPS) is 14.6. The lowest BCUT2D eigenvalue weighted by Gasteiger charge is -2.13. The molecule has 0 bridgehead atoms. The summed E-state index contributed by atoms with van der Waals surface area (Å²) in [7, 11) is 0. The molecule has 9 nitrogen and oxygen atoms in total. The fraction of sp³-hybridized carbons (Fsp3) is 0.125. The predicted octanol–water partition coefficient (Wildman–Crippen LogP) is 2.11. The van der Waals surface area contributed by atoms with Crippen molar-refractivity contribution in [3.05, 3.63) is 87.0 Å². The zero-order chi connectivity index (χ0) is 24.1. The average molecular weight is 477 g/mol. The summed E-state index contributed by atoms with van der Waals surface area (Å²) >= 11 is 0.846. The molecular weight excluding hydrogens is 456 g/mol. The van der Waals surface area contributed by atoms with Crippen molar-refractivity contribution < 1.29 is 19.2 Å². The highest BCUT2D eigenvalue weighted by Gasteiger charge is 2.34. The summed E-state index contributed by atoms with van der Waals surface area (Å²) in [6, 6.07) is 16.0. The monoisotopic (exact) mass is 476 g/mol.